The molecule has 1 N–H and O–H groups in total. The maximum atomic E-state index is 13.2. The van der Waals surface area contributed by atoms with Gasteiger partial charge >= 0.3 is 0 Å². The Morgan fingerprint density at radius 2 is 1.97 bits per heavy atom. The molecular formula is C23H28Cl2N4OS. The van der Waals surface area contributed by atoms with Crippen molar-refractivity contribution in [2.24, 2.45) is 0 Å². The summed E-state index contributed by atoms with van der Waals surface area (Å²) in [5.74, 6) is -0.156. The molecule has 0 aliphatic carbocycles. The summed E-state index contributed by atoms with van der Waals surface area (Å²) in [6.07, 6.45) is 1.95. The molecule has 5 nitrogen and oxygen atoms in total. The van der Waals surface area contributed by atoms with Crippen molar-refractivity contribution in [1.29, 1.82) is 0 Å². The maximum Gasteiger partial charge on any atom is 0.270 e. The van der Waals surface area contributed by atoms with Crippen LogP contribution in [-0.2, 0) is 0 Å². The number of rotatable bonds is 10. The molecule has 3 rings (SSSR count). The van der Waals surface area contributed by atoms with Crippen molar-refractivity contribution in [2.45, 2.75) is 39.7 Å². The number of carbonyl (C=O) groups is 1. The molecule has 0 saturated carbocycles. The van der Waals surface area contributed by atoms with E-state index >= 15 is 0 Å². The van der Waals surface area contributed by atoms with E-state index in [0.717, 1.165) is 43.0 Å². The monoisotopic (exact) mass is 478 g/mol. The Balaban J connectivity index is 1.80. The van der Waals surface area contributed by atoms with E-state index in [9.17, 15) is 4.79 Å². The second kappa shape index (κ2) is 11.1. The second-order valence-electron chi connectivity index (χ2n) is 7.45. The molecular weight excluding hydrogens is 451 g/mol. The van der Waals surface area contributed by atoms with Crippen LogP contribution in [0.4, 0.5) is 0 Å². The van der Waals surface area contributed by atoms with Gasteiger partial charge in [-0.25, -0.2) is 4.68 Å². The number of hydrogen-bond donors (Lipinski definition) is 1. The lowest BCUT2D eigenvalue weighted by molar-refractivity contribution is 0.0929. The second-order valence-corrected chi connectivity index (χ2v) is 9.21. The smallest absolute Gasteiger partial charge is 0.270 e. The molecule has 3 aromatic rings. The highest BCUT2D eigenvalue weighted by atomic mass is 35.5. The van der Waals surface area contributed by atoms with E-state index in [1.807, 2.05) is 36.6 Å². The summed E-state index contributed by atoms with van der Waals surface area (Å²) in [6, 6.07) is 11.1. The summed E-state index contributed by atoms with van der Waals surface area (Å²) in [5, 5.41) is 10.7. The molecule has 0 spiro atoms. The third kappa shape index (κ3) is 6.10. The molecule has 0 aliphatic heterocycles. The first-order valence-corrected chi connectivity index (χ1v) is 12.2. The van der Waals surface area contributed by atoms with Crippen molar-refractivity contribution < 1.29 is 4.79 Å². The van der Waals surface area contributed by atoms with Gasteiger partial charge in [-0.15, -0.1) is 11.3 Å². The zero-order valence-electron chi connectivity index (χ0n) is 18.1. The fourth-order valence-electron chi connectivity index (χ4n) is 3.43. The zero-order valence-corrected chi connectivity index (χ0v) is 20.4. The standard InChI is InChI=1S/C23H28Cl2N4OS/c1-4-28(5-2)12-6-8-16(3)26-23(30)21-15-20(22-9-7-13-31-22)27-29(21)17-10-11-18(24)19(25)14-17/h7,9-11,13-16H,4-6,8,12H2,1-3H3,(H,26,30). The van der Waals surface area contributed by atoms with E-state index in [4.69, 9.17) is 23.2 Å². The van der Waals surface area contributed by atoms with E-state index in [0.29, 0.717) is 21.4 Å². The molecule has 0 radical (unpaired) electrons. The molecule has 31 heavy (non-hydrogen) atoms. The van der Waals surface area contributed by atoms with Gasteiger partial charge in [-0.1, -0.05) is 43.1 Å². The first kappa shape index (κ1) is 23.8. The topological polar surface area (TPSA) is 50.2 Å². The van der Waals surface area contributed by atoms with Gasteiger partial charge in [0.15, 0.2) is 0 Å². The van der Waals surface area contributed by atoms with Crippen molar-refractivity contribution in [1.82, 2.24) is 20.0 Å². The normalized spacial score (nSPS) is 12.3. The Morgan fingerprint density at radius 1 is 1.19 bits per heavy atom. The van der Waals surface area contributed by atoms with Gasteiger partial charge in [-0.3, -0.25) is 4.79 Å². The number of thiophene rings is 1. The minimum absolute atomic E-state index is 0.0606. The molecule has 0 aliphatic rings. The number of hydrogen-bond acceptors (Lipinski definition) is 4. The van der Waals surface area contributed by atoms with Crippen LogP contribution < -0.4 is 5.32 Å². The lowest BCUT2D eigenvalue weighted by atomic mass is 10.1. The molecule has 0 fully saturated rings. The Kier molecular flexibility index (Phi) is 8.55. The lowest BCUT2D eigenvalue weighted by Crippen LogP contribution is -2.34. The fraction of sp³-hybridized carbons (Fsp3) is 0.391. The molecule has 2 aromatic heterocycles. The first-order valence-electron chi connectivity index (χ1n) is 10.6. The molecule has 2 heterocycles. The van der Waals surface area contributed by atoms with Gasteiger partial charge in [-0.2, -0.15) is 5.10 Å². The van der Waals surface area contributed by atoms with Crippen LogP contribution in [0.25, 0.3) is 16.3 Å². The Hall–Kier alpha value is -1.86. The van der Waals surface area contributed by atoms with Gasteiger partial charge in [0.2, 0.25) is 0 Å². The third-order valence-corrected chi connectivity index (χ3v) is 6.88. The highest BCUT2D eigenvalue weighted by Gasteiger charge is 2.20. The molecule has 8 heteroatoms. The van der Waals surface area contributed by atoms with Crippen LogP contribution >= 0.6 is 34.5 Å². The summed E-state index contributed by atoms with van der Waals surface area (Å²) < 4.78 is 1.63. The molecule has 0 bridgehead atoms. The largest absolute Gasteiger partial charge is 0.348 e. The minimum Gasteiger partial charge on any atom is -0.348 e. The Bertz CT molecular complexity index is 999. The van der Waals surface area contributed by atoms with Gasteiger partial charge in [-0.05, 0) is 75.1 Å². The third-order valence-electron chi connectivity index (χ3n) is 5.25. The van der Waals surface area contributed by atoms with E-state index in [2.05, 4.69) is 29.2 Å². The molecule has 1 amide bonds. The average molecular weight is 479 g/mol. The van der Waals surface area contributed by atoms with Gasteiger partial charge in [0.1, 0.15) is 11.4 Å². The van der Waals surface area contributed by atoms with Gasteiger partial charge in [0.25, 0.3) is 5.91 Å². The summed E-state index contributed by atoms with van der Waals surface area (Å²) in [4.78, 5) is 16.5. The summed E-state index contributed by atoms with van der Waals surface area (Å²) >= 11 is 13.9. The average Bonchev–Trinajstić information content (AvgIpc) is 3.43. The van der Waals surface area contributed by atoms with E-state index in [1.165, 1.54) is 0 Å². The zero-order chi connectivity index (χ0) is 22.4. The van der Waals surface area contributed by atoms with Crippen molar-refractivity contribution >= 4 is 40.4 Å². The number of halogens is 2. The Morgan fingerprint density at radius 3 is 2.61 bits per heavy atom. The van der Waals surface area contributed by atoms with Crippen LogP contribution in [0.3, 0.4) is 0 Å². The predicted molar refractivity (Wildman–Crippen MR) is 131 cm³/mol. The number of aromatic nitrogens is 2. The van der Waals surface area contributed by atoms with E-state index in [1.54, 1.807) is 28.2 Å². The van der Waals surface area contributed by atoms with Crippen LogP contribution in [0.2, 0.25) is 10.0 Å². The Labute approximate surface area is 198 Å². The molecule has 0 saturated heterocycles. The number of amides is 1. The van der Waals surface area contributed by atoms with Crippen LogP contribution in [0.1, 0.15) is 44.1 Å². The highest BCUT2D eigenvalue weighted by molar-refractivity contribution is 7.13. The van der Waals surface area contributed by atoms with Crippen LogP contribution in [0.5, 0.6) is 0 Å². The molecule has 1 aromatic carbocycles. The number of carbonyl (C=O) groups excluding carboxylic acids is 1. The number of nitrogens with one attached hydrogen (secondary N) is 1. The van der Waals surface area contributed by atoms with Gasteiger partial charge in [0.05, 0.1) is 20.6 Å². The van der Waals surface area contributed by atoms with Crippen LogP contribution in [0.15, 0.2) is 41.8 Å². The summed E-state index contributed by atoms with van der Waals surface area (Å²) in [6.45, 7) is 9.52. The highest BCUT2D eigenvalue weighted by Crippen LogP contribution is 2.28. The predicted octanol–water partition coefficient (Wildman–Crippen LogP) is 6.15. The SMILES string of the molecule is CCN(CC)CCCC(C)NC(=O)c1cc(-c2cccs2)nn1-c1ccc(Cl)c(Cl)c1. The molecule has 166 valence electrons. The van der Waals surface area contributed by atoms with Gasteiger partial charge in [0, 0.05) is 6.04 Å². The van der Waals surface area contributed by atoms with Crippen LogP contribution in [-0.4, -0.2) is 46.3 Å². The van der Waals surface area contributed by atoms with Gasteiger partial charge < -0.3 is 10.2 Å². The fourth-order valence-corrected chi connectivity index (χ4v) is 4.41. The van der Waals surface area contributed by atoms with E-state index < -0.39 is 0 Å². The lowest BCUT2D eigenvalue weighted by Gasteiger charge is -2.20. The van der Waals surface area contributed by atoms with Crippen molar-refractivity contribution in [3.63, 3.8) is 0 Å². The molecule has 1 unspecified atom stereocenters. The molecule has 1 atom stereocenters. The van der Waals surface area contributed by atoms with E-state index in [-0.39, 0.29) is 11.9 Å². The number of nitrogens with zero attached hydrogens (tertiary/aromatic N) is 3. The first-order chi connectivity index (χ1) is 14.9. The van der Waals surface area contributed by atoms with Crippen LogP contribution in [0, 0.1) is 0 Å². The summed E-state index contributed by atoms with van der Waals surface area (Å²) in [5.41, 5.74) is 1.91. The quantitative estimate of drug-likeness (QED) is 0.380. The van der Waals surface area contributed by atoms with Crippen molar-refractivity contribution in [3.05, 3.63) is 57.5 Å². The number of benzene rings is 1. The maximum absolute atomic E-state index is 13.2. The van der Waals surface area contributed by atoms with Crippen molar-refractivity contribution in [2.75, 3.05) is 19.6 Å². The summed E-state index contributed by atoms with van der Waals surface area (Å²) in [7, 11) is 0. The van der Waals surface area contributed by atoms with Crippen molar-refractivity contribution in [3.8, 4) is 16.3 Å². The minimum atomic E-state index is -0.156.